The lowest BCUT2D eigenvalue weighted by Gasteiger charge is -2.39. The van der Waals surface area contributed by atoms with Crippen LogP contribution in [0.25, 0.3) is 33.3 Å². The maximum atomic E-state index is 14.5. The molecule has 0 aliphatic carbocycles. The first-order valence-corrected chi connectivity index (χ1v) is 15.4. The van der Waals surface area contributed by atoms with Gasteiger partial charge in [-0.3, -0.25) is 4.79 Å². The summed E-state index contributed by atoms with van der Waals surface area (Å²) < 4.78 is 35.2. The zero-order chi connectivity index (χ0) is 28.9. The molecule has 6 rings (SSSR count). The highest BCUT2D eigenvalue weighted by atomic mass is 32.2. The number of rotatable bonds is 6. The van der Waals surface area contributed by atoms with E-state index >= 15 is 0 Å². The van der Waals surface area contributed by atoms with E-state index in [0.29, 0.717) is 45.9 Å². The predicted octanol–water partition coefficient (Wildman–Crippen LogP) is 6.37. The van der Waals surface area contributed by atoms with Crippen LogP contribution in [0, 0.1) is 31.1 Å². The zero-order valence-electron chi connectivity index (χ0n) is 22.8. The summed E-state index contributed by atoms with van der Waals surface area (Å²) in [5.41, 5.74) is 5.93. The van der Waals surface area contributed by atoms with Gasteiger partial charge in [0.1, 0.15) is 10.9 Å². The average Bonchev–Trinajstić information content (AvgIpc) is 3.54. The SMILES string of the molecule is COC(=O)C1CN(c2cccc(-c3c(-c4ccsc4C#N)c4cc(C)ccc4n3S(=O)(=O)c3ccc(C)cc3)c2)C1. The fourth-order valence-electron chi connectivity index (χ4n) is 5.42. The molecule has 7 nitrogen and oxygen atoms in total. The van der Waals surface area contributed by atoms with Crippen molar-refractivity contribution in [2.24, 2.45) is 5.92 Å². The van der Waals surface area contributed by atoms with Crippen LogP contribution in [0.4, 0.5) is 5.69 Å². The van der Waals surface area contributed by atoms with Gasteiger partial charge in [0.25, 0.3) is 10.0 Å². The Kier molecular flexibility index (Phi) is 6.68. The van der Waals surface area contributed by atoms with Crippen molar-refractivity contribution in [3.63, 3.8) is 0 Å². The highest BCUT2D eigenvalue weighted by Gasteiger charge is 2.34. The second-order valence-corrected chi connectivity index (χ2v) is 13.0. The van der Waals surface area contributed by atoms with Crippen LogP contribution >= 0.6 is 11.3 Å². The van der Waals surface area contributed by atoms with Gasteiger partial charge in [-0.1, -0.05) is 41.5 Å². The number of hydrogen-bond acceptors (Lipinski definition) is 7. The highest BCUT2D eigenvalue weighted by Crippen LogP contribution is 2.46. The molecule has 9 heteroatoms. The first-order valence-electron chi connectivity index (χ1n) is 13.1. The van der Waals surface area contributed by atoms with E-state index in [0.717, 1.165) is 22.2 Å². The molecular formula is C32H27N3O4S2. The number of hydrogen-bond donors (Lipinski definition) is 0. The molecule has 206 valence electrons. The molecule has 3 aromatic carbocycles. The number of aromatic nitrogens is 1. The lowest BCUT2D eigenvalue weighted by molar-refractivity contribution is -0.146. The van der Waals surface area contributed by atoms with Crippen molar-refractivity contribution >= 4 is 43.9 Å². The van der Waals surface area contributed by atoms with Gasteiger partial charge in [-0.2, -0.15) is 5.26 Å². The van der Waals surface area contributed by atoms with E-state index in [1.807, 2.05) is 67.8 Å². The molecule has 1 aliphatic rings. The Bertz CT molecular complexity index is 1960. The van der Waals surface area contributed by atoms with Crippen molar-refractivity contribution in [2.45, 2.75) is 18.7 Å². The van der Waals surface area contributed by atoms with Gasteiger partial charge >= 0.3 is 5.97 Å². The Morgan fingerprint density at radius 3 is 2.44 bits per heavy atom. The molecule has 3 heterocycles. The molecule has 1 saturated heterocycles. The monoisotopic (exact) mass is 581 g/mol. The molecule has 0 N–H and O–H groups in total. The Labute approximate surface area is 242 Å². The molecule has 0 atom stereocenters. The third kappa shape index (κ3) is 4.49. The normalized spacial score (nSPS) is 13.7. The number of ether oxygens (including phenoxy) is 1. The van der Waals surface area contributed by atoms with Gasteiger partial charge in [-0.05, 0) is 61.7 Å². The molecule has 0 unspecified atom stereocenters. The topological polar surface area (TPSA) is 92.4 Å². The van der Waals surface area contributed by atoms with Gasteiger partial charge in [0, 0.05) is 40.9 Å². The van der Waals surface area contributed by atoms with E-state index in [9.17, 15) is 18.5 Å². The second kappa shape index (κ2) is 10.2. The number of benzene rings is 3. The molecule has 0 amide bonds. The Hall–Kier alpha value is -4.39. The second-order valence-electron chi connectivity index (χ2n) is 10.3. The summed E-state index contributed by atoms with van der Waals surface area (Å²) in [7, 11) is -2.66. The van der Waals surface area contributed by atoms with Crippen LogP contribution in [0.1, 0.15) is 16.0 Å². The molecule has 0 radical (unpaired) electrons. The number of carbonyl (C=O) groups excluding carboxylic acids is 1. The molecular weight excluding hydrogens is 555 g/mol. The quantitative estimate of drug-likeness (QED) is 0.216. The van der Waals surface area contributed by atoms with Crippen molar-refractivity contribution in [1.82, 2.24) is 3.97 Å². The van der Waals surface area contributed by atoms with Gasteiger partial charge in [0.05, 0.1) is 29.1 Å². The molecule has 1 fully saturated rings. The van der Waals surface area contributed by atoms with Crippen LogP contribution in [0.2, 0.25) is 0 Å². The number of anilines is 1. The average molecular weight is 582 g/mol. The van der Waals surface area contributed by atoms with Gasteiger partial charge < -0.3 is 9.64 Å². The fraction of sp³-hybridized carbons (Fsp3) is 0.188. The summed E-state index contributed by atoms with van der Waals surface area (Å²) in [5.74, 6) is -0.430. The van der Waals surface area contributed by atoms with E-state index in [1.165, 1.54) is 22.4 Å². The lowest BCUT2D eigenvalue weighted by atomic mass is 9.96. The summed E-state index contributed by atoms with van der Waals surface area (Å²) in [6.45, 7) is 4.93. The fourth-order valence-corrected chi connectivity index (χ4v) is 7.66. The summed E-state index contributed by atoms with van der Waals surface area (Å²) in [5, 5.41) is 12.6. The molecule has 0 spiro atoms. The highest BCUT2D eigenvalue weighted by molar-refractivity contribution is 7.90. The molecule has 0 bridgehead atoms. The van der Waals surface area contributed by atoms with Crippen LogP contribution in [0.3, 0.4) is 0 Å². The van der Waals surface area contributed by atoms with Gasteiger partial charge in [0.2, 0.25) is 0 Å². The minimum Gasteiger partial charge on any atom is -0.469 e. The summed E-state index contributed by atoms with van der Waals surface area (Å²) >= 11 is 1.33. The third-order valence-electron chi connectivity index (χ3n) is 7.58. The van der Waals surface area contributed by atoms with Crippen molar-refractivity contribution in [3.8, 4) is 28.5 Å². The first-order chi connectivity index (χ1) is 19.7. The molecule has 1 aliphatic heterocycles. The Morgan fingerprint density at radius 2 is 1.73 bits per heavy atom. The van der Waals surface area contributed by atoms with Crippen LogP contribution < -0.4 is 4.90 Å². The zero-order valence-corrected chi connectivity index (χ0v) is 24.4. The number of methoxy groups -OCH3 is 1. The van der Waals surface area contributed by atoms with Crippen molar-refractivity contribution in [3.05, 3.63) is 94.2 Å². The standard InChI is InChI=1S/C32H27N3O4S2/c1-20-7-10-25(11-8-20)41(37,38)35-28-12-9-21(2)15-27(28)30(26-13-14-40-29(26)17-33)31(35)22-5-4-6-24(16-22)34-18-23(19-34)32(36)39-3/h4-16,23H,18-19H2,1-3H3. The maximum absolute atomic E-state index is 14.5. The van der Waals surface area contributed by atoms with Crippen LogP contribution in [-0.2, 0) is 19.6 Å². The van der Waals surface area contributed by atoms with Crippen molar-refractivity contribution < 1.29 is 17.9 Å². The first kappa shape index (κ1) is 26.8. The maximum Gasteiger partial charge on any atom is 0.312 e. The molecule has 41 heavy (non-hydrogen) atoms. The van der Waals surface area contributed by atoms with E-state index in [1.54, 1.807) is 24.3 Å². The van der Waals surface area contributed by atoms with E-state index in [2.05, 4.69) is 11.0 Å². The predicted molar refractivity (Wildman–Crippen MR) is 162 cm³/mol. The number of nitriles is 1. The van der Waals surface area contributed by atoms with Crippen LogP contribution in [0.15, 0.2) is 83.1 Å². The van der Waals surface area contributed by atoms with E-state index < -0.39 is 10.0 Å². The summed E-state index contributed by atoms with van der Waals surface area (Å²) in [6, 6.07) is 24.4. The third-order valence-corrected chi connectivity index (χ3v) is 10.1. The van der Waals surface area contributed by atoms with Crippen molar-refractivity contribution in [1.29, 1.82) is 5.26 Å². The number of carbonyl (C=O) groups is 1. The van der Waals surface area contributed by atoms with Crippen LogP contribution in [0.5, 0.6) is 0 Å². The number of esters is 1. The molecule has 0 saturated carbocycles. The summed E-state index contributed by atoms with van der Waals surface area (Å²) in [4.78, 5) is 14.8. The minimum atomic E-state index is -4.05. The minimum absolute atomic E-state index is 0.180. The number of aryl methyl sites for hydroxylation is 2. The molecule has 5 aromatic rings. The lowest BCUT2D eigenvalue weighted by Crippen LogP contribution is -2.50. The van der Waals surface area contributed by atoms with Gasteiger partial charge in [0.15, 0.2) is 0 Å². The largest absolute Gasteiger partial charge is 0.469 e. The van der Waals surface area contributed by atoms with Gasteiger partial charge in [-0.25, -0.2) is 12.4 Å². The van der Waals surface area contributed by atoms with Crippen LogP contribution in [-0.4, -0.2) is 38.6 Å². The number of nitrogens with zero attached hydrogens (tertiary/aromatic N) is 3. The molecule has 2 aromatic heterocycles. The van der Waals surface area contributed by atoms with E-state index in [4.69, 9.17) is 4.74 Å². The smallest absolute Gasteiger partial charge is 0.312 e. The van der Waals surface area contributed by atoms with Gasteiger partial charge in [-0.15, -0.1) is 11.3 Å². The Balaban J connectivity index is 1.64. The number of fused-ring (bicyclic) bond motifs is 1. The van der Waals surface area contributed by atoms with E-state index in [-0.39, 0.29) is 16.8 Å². The number of thiophene rings is 1. The summed E-state index contributed by atoms with van der Waals surface area (Å²) in [6.07, 6.45) is 0. The Morgan fingerprint density at radius 1 is 1.00 bits per heavy atom. The van der Waals surface area contributed by atoms with Crippen molar-refractivity contribution in [2.75, 3.05) is 25.1 Å².